The van der Waals surface area contributed by atoms with Crippen molar-refractivity contribution in [1.29, 1.82) is 0 Å². The summed E-state index contributed by atoms with van der Waals surface area (Å²) in [6.45, 7) is 4.04. The Morgan fingerprint density at radius 3 is 2.35 bits per heavy atom. The molecule has 0 aliphatic rings. The van der Waals surface area contributed by atoms with Gasteiger partial charge in [-0.2, -0.15) is 0 Å². The third kappa shape index (κ3) is 5.31. The number of rotatable bonds is 8. The Hall–Kier alpha value is -2.38. The second-order valence-corrected chi connectivity index (χ2v) is 7.73. The number of benzene rings is 2. The lowest BCUT2D eigenvalue weighted by atomic mass is 10.1. The molecule has 2 aromatic rings. The van der Waals surface area contributed by atoms with Gasteiger partial charge in [0.2, 0.25) is 15.9 Å². The predicted octanol–water partition coefficient (Wildman–Crippen LogP) is 1.95. The highest BCUT2D eigenvalue weighted by Gasteiger charge is 2.20. The van der Waals surface area contributed by atoms with E-state index in [4.69, 9.17) is 4.74 Å². The molecule has 0 radical (unpaired) electrons. The van der Waals surface area contributed by atoms with Crippen LogP contribution < -0.4 is 14.8 Å². The predicted molar refractivity (Wildman–Crippen MR) is 101 cm³/mol. The maximum Gasteiger partial charge on any atom is 0.244 e. The number of amides is 1. The molecule has 0 aliphatic heterocycles. The Kier molecular flexibility index (Phi) is 6.76. The first-order valence-electron chi connectivity index (χ1n) is 8.29. The van der Waals surface area contributed by atoms with E-state index in [0.29, 0.717) is 5.75 Å². The summed E-state index contributed by atoms with van der Waals surface area (Å²) >= 11 is 0. The maximum atomic E-state index is 12.5. The van der Waals surface area contributed by atoms with E-state index in [1.165, 1.54) is 7.11 Å². The van der Waals surface area contributed by atoms with E-state index in [0.717, 1.165) is 16.7 Å². The molecule has 26 heavy (non-hydrogen) atoms. The molecule has 2 N–H and O–H groups in total. The zero-order valence-electron chi connectivity index (χ0n) is 15.2. The highest BCUT2D eigenvalue weighted by Crippen LogP contribution is 2.26. The molecular formula is C19H24N2O4S. The Bertz CT molecular complexity index is 865. The smallest absolute Gasteiger partial charge is 0.244 e. The molecule has 7 heteroatoms. The fourth-order valence-electron chi connectivity index (χ4n) is 2.44. The number of ether oxygens (including phenoxy) is 1. The molecule has 0 fully saturated rings. The van der Waals surface area contributed by atoms with Gasteiger partial charge in [0.1, 0.15) is 10.6 Å². The number of hydrogen-bond acceptors (Lipinski definition) is 4. The number of aryl methyl sites for hydroxylation is 2. The standard InChI is InChI=1S/C19H24N2O4S/c1-14-11-17(25-3)18(12-15(14)2)26(23,24)21-10-9-20-19(22)13-16-7-5-4-6-8-16/h4-8,11-12,21H,9-10,13H2,1-3H3,(H,20,22). The van der Waals surface area contributed by atoms with Crippen molar-refractivity contribution in [2.75, 3.05) is 20.2 Å². The van der Waals surface area contributed by atoms with Crippen LogP contribution in [-0.2, 0) is 21.2 Å². The van der Waals surface area contributed by atoms with Gasteiger partial charge in [0.15, 0.2) is 0 Å². The first-order valence-corrected chi connectivity index (χ1v) is 9.77. The monoisotopic (exact) mass is 376 g/mol. The van der Waals surface area contributed by atoms with Gasteiger partial charge in [-0.05, 0) is 42.7 Å². The third-order valence-electron chi connectivity index (χ3n) is 4.02. The summed E-state index contributed by atoms with van der Waals surface area (Å²) in [5, 5.41) is 2.71. The quantitative estimate of drug-likeness (QED) is 0.690. The van der Waals surface area contributed by atoms with Crippen LogP contribution in [-0.4, -0.2) is 34.5 Å². The van der Waals surface area contributed by atoms with E-state index in [-0.39, 0.29) is 30.3 Å². The van der Waals surface area contributed by atoms with E-state index < -0.39 is 10.0 Å². The van der Waals surface area contributed by atoms with Gasteiger partial charge in [0.25, 0.3) is 0 Å². The van der Waals surface area contributed by atoms with E-state index in [9.17, 15) is 13.2 Å². The minimum absolute atomic E-state index is 0.0960. The van der Waals surface area contributed by atoms with Crippen LogP contribution in [0.2, 0.25) is 0 Å². The lowest BCUT2D eigenvalue weighted by Gasteiger charge is -2.13. The van der Waals surface area contributed by atoms with E-state index in [1.54, 1.807) is 12.1 Å². The number of carbonyl (C=O) groups is 1. The van der Waals surface area contributed by atoms with Crippen LogP contribution in [0.1, 0.15) is 16.7 Å². The van der Waals surface area contributed by atoms with Crippen LogP contribution in [0.4, 0.5) is 0 Å². The molecule has 2 aromatic carbocycles. The number of methoxy groups -OCH3 is 1. The van der Waals surface area contributed by atoms with Crippen molar-refractivity contribution in [3.05, 3.63) is 59.2 Å². The largest absolute Gasteiger partial charge is 0.495 e. The molecule has 0 saturated heterocycles. The van der Waals surface area contributed by atoms with Crippen molar-refractivity contribution in [3.8, 4) is 5.75 Å². The van der Waals surface area contributed by atoms with Crippen LogP contribution in [0.25, 0.3) is 0 Å². The van der Waals surface area contributed by atoms with Gasteiger partial charge >= 0.3 is 0 Å². The van der Waals surface area contributed by atoms with Crippen molar-refractivity contribution in [3.63, 3.8) is 0 Å². The van der Waals surface area contributed by atoms with E-state index >= 15 is 0 Å². The topological polar surface area (TPSA) is 84.5 Å². The third-order valence-corrected chi connectivity index (χ3v) is 5.50. The van der Waals surface area contributed by atoms with Crippen molar-refractivity contribution in [2.45, 2.75) is 25.2 Å². The molecule has 0 atom stereocenters. The van der Waals surface area contributed by atoms with Gasteiger partial charge in [-0.1, -0.05) is 30.3 Å². The Balaban J connectivity index is 1.91. The van der Waals surface area contributed by atoms with Gasteiger partial charge in [0, 0.05) is 13.1 Å². The van der Waals surface area contributed by atoms with Gasteiger partial charge in [-0.3, -0.25) is 4.79 Å². The number of nitrogens with one attached hydrogen (secondary N) is 2. The Morgan fingerprint density at radius 2 is 1.69 bits per heavy atom. The Labute approximate surface area is 154 Å². The molecule has 1 amide bonds. The van der Waals surface area contributed by atoms with E-state index in [2.05, 4.69) is 10.0 Å². The zero-order chi connectivity index (χ0) is 19.2. The molecule has 0 aliphatic carbocycles. The molecule has 0 bridgehead atoms. The summed E-state index contributed by atoms with van der Waals surface area (Å²) in [6, 6.07) is 12.7. The summed E-state index contributed by atoms with van der Waals surface area (Å²) in [5.74, 6) is 0.146. The summed E-state index contributed by atoms with van der Waals surface area (Å²) in [7, 11) is -2.29. The molecule has 0 aromatic heterocycles. The summed E-state index contributed by atoms with van der Waals surface area (Å²) in [5.41, 5.74) is 2.72. The van der Waals surface area contributed by atoms with Crippen LogP contribution >= 0.6 is 0 Å². The molecule has 0 unspecified atom stereocenters. The van der Waals surface area contributed by atoms with Gasteiger partial charge < -0.3 is 10.1 Å². The molecular weight excluding hydrogens is 352 g/mol. The Morgan fingerprint density at radius 1 is 1.04 bits per heavy atom. The van der Waals surface area contributed by atoms with E-state index in [1.807, 2.05) is 44.2 Å². The number of sulfonamides is 1. The average molecular weight is 376 g/mol. The second kappa shape index (κ2) is 8.82. The lowest BCUT2D eigenvalue weighted by Crippen LogP contribution is -2.35. The van der Waals surface area contributed by atoms with Gasteiger partial charge in [0.05, 0.1) is 13.5 Å². The van der Waals surface area contributed by atoms with Crippen molar-refractivity contribution in [1.82, 2.24) is 10.0 Å². The second-order valence-electron chi connectivity index (χ2n) is 6.00. The van der Waals surface area contributed by atoms with Crippen molar-refractivity contribution < 1.29 is 17.9 Å². The van der Waals surface area contributed by atoms with Crippen LogP contribution in [0, 0.1) is 13.8 Å². The summed E-state index contributed by atoms with van der Waals surface area (Å²) < 4.78 is 32.7. The van der Waals surface area contributed by atoms with Crippen molar-refractivity contribution in [2.24, 2.45) is 0 Å². The summed E-state index contributed by atoms with van der Waals surface area (Å²) in [6.07, 6.45) is 0.262. The van der Waals surface area contributed by atoms with Crippen LogP contribution in [0.5, 0.6) is 5.75 Å². The number of carbonyl (C=O) groups excluding carboxylic acids is 1. The minimum Gasteiger partial charge on any atom is -0.495 e. The maximum absolute atomic E-state index is 12.5. The highest BCUT2D eigenvalue weighted by atomic mass is 32.2. The zero-order valence-corrected chi connectivity index (χ0v) is 16.0. The first kappa shape index (κ1) is 19.9. The molecule has 140 valence electrons. The first-order chi connectivity index (χ1) is 12.3. The molecule has 2 rings (SSSR count). The molecule has 0 spiro atoms. The number of hydrogen-bond donors (Lipinski definition) is 2. The fourth-order valence-corrected chi connectivity index (χ4v) is 3.71. The highest BCUT2D eigenvalue weighted by molar-refractivity contribution is 7.89. The minimum atomic E-state index is -3.73. The molecule has 0 saturated carbocycles. The normalized spacial score (nSPS) is 11.2. The van der Waals surface area contributed by atoms with Gasteiger partial charge in [-0.25, -0.2) is 13.1 Å². The average Bonchev–Trinajstić information content (AvgIpc) is 2.61. The van der Waals surface area contributed by atoms with Gasteiger partial charge in [-0.15, -0.1) is 0 Å². The molecule has 0 heterocycles. The SMILES string of the molecule is COc1cc(C)c(C)cc1S(=O)(=O)NCCNC(=O)Cc1ccccc1. The van der Waals surface area contributed by atoms with Crippen LogP contribution in [0.15, 0.2) is 47.4 Å². The lowest BCUT2D eigenvalue weighted by molar-refractivity contribution is -0.120. The molecule has 6 nitrogen and oxygen atoms in total. The van der Waals surface area contributed by atoms with Crippen LogP contribution in [0.3, 0.4) is 0 Å². The summed E-state index contributed by atoms with van der Waals surface area (Å²) in [4.78, 5) is 12.0. The van der Waals surface area contributed by atoms with Crippen molar-refractivity contribution >= 4 is 15.9 Å². The fraction of sp³-hybridized carbons (Fsp3) is 0.316.